The van der Waals surface area contributed by atoms with E-state index in [1.807, 2.05) is 32.2 Å². The van der Waals surface area contributed by atoms with Crippen molar-refractivity contribution in [3.63, 3.8) is 0 Å². The SMILES string of the molecule is CCc1cc(NC(=O)OC(C)(C)C)cs1. The zero-order valence-corrected chi connectivity index (χ0v) is 10.4. The number of rotatable bonds is 2. The van der Waals surface area contributed by atoms with Crippen molar-refractivity contribution < 1.29 is 9.53 Å². The molecule has 1 aromatic rings. The largest absolute Gasteiger partial charge is 0.444 e. The number of ether oxygens (including phenoxy) is 1. The number of nitrogens with one attached hydrogen (secondary N) is 1. The van der Waals surface area contributed by atoms with Crippen LogP contribution >= 0.6 is 11.3 Å². The minimum absolute atomic E-state index is 0.400. The Hall–Kier alpha value is -1.03. The van der Waals surface area contributed by atoms with Crippen molar-refractivity contribution in [2.24, 2.45) is 0 Å². The molecular formula is C11H17NO2S. The standard InChI is InChI=1S/C11H17NO2S/c1-5-9-6-8(7-15-9)12-10(13)14-11(2,3)4/h6-7H,5H2,1-4H3,(H,12,13). The Morgan fingerprint density at radius 1 is 1.53 bits per heavy atom. The molecule has 3 nitrogen and oxygen atoms in total. The van der Waals surface area contributed by atoms with Gasteiger partial charge in [-0.05, 0) is 33.3 Å². The van der Waals surface area contributed by atoms with E-state index >= 15 is 0 Å². The maximum absolute atomic E-state index is 11.4. The molecule has 84 valence electrons. The summed E-state index contributed by atoms with van der Waals surface area (Å²) in [5, 5.41) is 4.62. The molecule has 1 N–H and O–H groups in total. The van der Waals surface area contributed by atoms with Crippen molar-refractivity contribution in [3.05, 3.63) is 16.3 Å². The number of carbonyl (C=O) groups is 1. The molecule has 0 bridgehead atoms. The Morgan fingerprint density at radius 2 is 2.20 bits per heavy atom. The molecule has 0 radical (unpaired) electrons. The first-order valence-electron chi connectivity index (χ1n) is 4.98. The van der Waals surface area contributed by atoms with Gasteiger partial charge in [0.15, 0.2) is 0 Å². The van der Waals surface area contributed by atoms with E-state index in [2.05, 4.69) is 12.2 Å². The fraction of sp³-hybridized carbons (Fsp3) is 0.545. The molecule has 0 aromatic carbocycles. The van der Waals surface area contributed by atoms with Gasteiger partial charge in [0.25, 0.3) is 0 Å². The lowest BCUT2D eigenvalue weighted by Gasteiger charge is -2.19. The van der Waals surface area contributed by atoms with Gasteiger partial charge < -0.3 is 4.74 Å². The summed E-state index contributed by atoms with van der Waals surface area (Å²) in [6.45, 7) is 7.62. The van der Waals surface area contributed by atoms with E-state index in [9.17, 15) is 4.79 Å². The van der Waals surface area contributed by atoms with Crippen molar-refractivity contribution >= 4 is 23.1 Å². The predicted molar refractivity (Wildman–Crippen MR) is 63.6 cm³/mol. The molecule has 15 heavy (non-hydrogen) atoms. The average molecular weight is 227 g/mol. The molecule has 1 rings (SSSR count). The van der Waals surface area contributed by atoms with Crippen LogP contribution in [0.25, 0.3) is 0 Å². The molecule has 0 saturated heterocycles. The fourth-order valence-corrected chi connectivity index (χ4v) is 1.82. The summed E-state index contributed by atoms with van der Waals surface area (Å²) in [6.07, 6.45) is 0.587. The summed E-state index contributed by atoms with van der Waals surface area (Å²) in [5.41, 5.74) is 0.361. The Kier molecular flexibility index (Phi) is 3.74. The number of aryl methyl sites for hydroxylation is 1. The molecule has 0 aliphatic heterocycles. The number of hydrogen-bond acceptors (Lipinski definition) is 3. The van der Waals surface area contributed by atoms with Crippen molar-refractivity contribution in [3.8, 4) is 0 Å². The monoisotopic (exact) mass is 227 g/mol. The Bertz CT molecular complexity index is 339. The van der Waals surface area contributed by atoms with Crippen LogP contribution in [0.2, 0.25) is 0 Å². The van der Waals surface area contributed by atoms with Crippen LogP contribution in [0, 0.1) is 0 Å². The third-order valence-electron chi connectivity index (χ3n) is 1.65. The quantitative estimate of drug-likeness (QED) is 0.837. The highest BCUT2D eigenvalue weighted by Gasteiger charge is 2.16. The molecule has 0 aliphatic rings. The van der Waals surface area contributed by atoms with Crippen LogP contribution in [0.3, 0.4) is 0 Å². The van der Waals surface area contributed by atoms with Gasteiger partial charge in [-0.2, -0.15) is 0 Å². The predicted octanol–water partition coefficient (Wildman–Crippen LogP) is 3.66. The lowest BCUT2D eigenvalue weighted by atomic mass is 10.2. The average Bonchev–Trinajstić information content (AvgIpc) is 2.48. The number of thiophene rings is 1. The maximum atomic E-state index is 11.4. The van der Waals surface area contributed by atoms with Gasteiger partial charge in [0.05, 0.1) is 5.69 Å². The van der Waals surface area contributed by atoms with E-state index < -0.39 is 11.7 Å². The fourth-order valence-electron chi connectivity index (χ4n) is 1.05. The molecule has 4 heteroatoms. The second-order valence-electron chi connectivity index (χ2n) is 4.28. The highest BCUT2D eigenvalue weighted by atomic mass is 32.1. The van der Waals surface area contributed by atoms with Gasteiger partial charge in [-0.25, -0.2) is 4.79 Å². The maximum Gasteiger partial charge on any atom is 0.412 e. The second-order valence-corrected chi connectivity index (χ2v) is 5.28. The van der Waals surface area contributed by atoms with Crippen LogP contribution in [-0.2, 0) is 11.2 Å². The minimum Gasteiger partial charge on any atom is -0.444 e. The lowest BCUT2D eigenvalue weighted by molar-refractivity contribution is 0.0636. The molecule has 0 atom stereocenters. The van der Waals surface area contributed by atoms with Crippen LogP contribution in [0.5, 0.6) is 0 Å². The number of carbonyl (C=O) groups excluding carboxylic acids is 1. The zero-order valence-electron chi connectivity index (χ0n) is 9.59. The van der Waals surface area contributed by atoms with Gasteiger partial charge >= 0.3 is 6.09 Å². The summed E-state index contributed by atoms with van der Waals surface area (Å²) in [5.74, 6) is 0. The lowest BCUT2D eigenvalue weighted by Crippen LogP contribution is -2.27. The van der Waals surface area contributed by atoms with E-state index in [0.717, 1.165) is 12.1 Å². The molecule has 1 aromatic heterocycles. The molecular weight excluding hydrogens is 210 g/mol. The molecule has 1 amide bonds. The van der Waals surface area contributed by atoms with E-state index in [0.29, 0.717) is 0 Å². The van der Waals surface area contributed by atoms with E-state index in [4.69, 9.17) is 4.74 Å². The molecule has 0 saturated carbocycles. The van der Waals surface area contributed by atoms with Gasteiger partial charge in [-0.3, -0.25) is 5.32 Å². The number of amides is 1. The summed E-state index contributed by atoms with van der Waals surface area (Å²) in [4.78, 5) is 12.6. The third kappa shape index (κ3) is 4.34. The minimum atomic E-state index is -0.451. The van der Waals surface area contributed by atoms with Crippen molar-refractivity contribution in [2.45, 2.75) is 39.7 Å². The van der Waals surface area contributed by atoms with Gasteiger partial charge in [-0.1, -0.05) is 6.92 Å². The summed E-state index contributed by atoms with van der Waals surface area (Å²) in [6, 6.07) is 1.97. The van der Waals surface area contributed by atoms with Crippen molar-refractivity contribution in [1.82, 2.24) is 0 Å². The van der Waals surface area contributed by atoms with E-state index in [1.165, 1.54) is 4.88 Å². The number of hydrogen-bond donors (Lipinski definition) is 1. The first-order chi connectivity index (χ1) is 6.90. The van der Waals surface area contributed by atoms with Gasteiger partial charge in [-0.15, -0.1) is 11.3 Å². The summed E-state index contributed by atoms with van der Waals surface area (Å²) < 4.78 is 5.14. The highest BCUT2D eigenvalue weighted by Crippen LogP contribution is 2.20. The Balaban J connectivity index is 2.51. The molecule has 0 unspecified atom stereocenters. The second kappa shape index (κ2) is 4.66. The first kappa shape index (κ1) is 12.0. The van der Waals surface area contributed by atoms with Gasteiger partial charge in [0.2, 0.25) is 0 Å². The topological polar surface area (TPSA) is 38.3 Å². The smallest absolute Gasteiger partial charge is 0.412 e. The highest BCUT2D eigenvalue weighted by molar-refractivity contribution is 7.10. The molecule has 0 fully saturated rings. The molecule has 0 spiro atoms. The third-order valence-corrected chi connectivity index (χ3v) is 2.73. The van der Waals surface area contributed by atoms with E-state index in [-0.39, 0.29) is 0 Å². The summed E-state index contributed by atoms with van der Waals surface area (Å²) >= 11 is 1.64. The van der Waals surface area contributed by atoms with Crippen LogP contribution in [0.15, 0.2) is 11.4 Å². The Morgan fingerprint density at radius 3 is 2.67 bits per heavy atom. The van der Waals surface area contributed by atoms with Crippen LogP contribution < -0.4 is 5.32 Å². The summed E-state index contributed by atoms with van der Waals surface area (Å²) in [7, 11) is 0. The first-order valence-corrected chi connectivity index (χ1v) is 5.86. The van der Waals surface area contributed by atoms with Gasteiger partial charge in [0.1, 0.15) is 5.60 Å². The van der Waals surface area contributed by atoms with Crippen molar-refractivity contribution in [1.29, 1.82) is 0 Å². The van der Waals surface area contributed by atoms with Crippen LogP contribution in [0.1, 0.15) is 32.6 Å². The van der Waals surface area contributed by atoms with Crippen molar-refractivity contribution in [2.75, 3.05) is 5.32 Å². The normalized spacial score (nSPS) is 11.2. The van der Waals surface area contributed by atoms with Crippen LogP contribution in [-0.4, -0.2) is 11.7 Å². The van der Waals surface area contributed by atoms with Crippen LogP contribution in [0.4, 0.5) is 10.5 Å². The zero-order chi connectivity index (χ0) is 11.5. The van der Waals surface area contributed by atoms with E-state index in [1.54, 1.807) is 11.3 Å². The molecule has 1 heterocycles. The Labute approximate surface area is 94.5 Å². The molecule has 0 aliphatic carbocycles. The van der Waals surface area contributed by atoms with Gasteiger partial charge in [0, 0.05) is 10.3 Å². The number of anilines is 1.